The predicted octanol–water partition coefficient (Wildman–Crippen LogP) is 13.6. The van der Waals surface area contributed by atoms with Gasteiger partial charge in [0.25, 0.3) is 0 Å². The van der Waals surface area contributed by atoms with Crippen LogP contribution in [0.2, 0.25) is 0 Å². The molecule has 4 nitrogen and oxygen atoms in total. The molecule has 0 bridgehead atoms. The van der Waals surface area contributed by atoms with Crippen molar-refractivity contribution < 1.29 is 0 Å². The molecule has 0 N–H and O–H groups in total. The van der Waals surface area contributed by atoms with Crippen LogP contribution in [0, 0.1) is 0 Å². The maximum atomic E-state index is 4.63. The van der Waals surface area contributed by atoms with Crippen LogP contribution in [0.5, 0.6) is 0 Å². The van der Waals surface area contributed by atoms with E-state index in [9.17, 15) is 0 Å². The Bertz CT molecular complexity index is 3150. The molecular weight excluding hydrogens is 669 g/mol. The Morgan fingerprint density at radius 3 is 1.73 bits per heavy atom. The van der Waals surface area contributed by atoms with Crippen LogP contribution < -0.4 is 4.90 Å². The first kappa shape index (κ1) is 31.1. The van der Waals surface area contributed by atoms with Gasteiger partial charge in [0.1, 0.15) is 0 Å². The van der Waals surface area contributed by atoms with Crippen molar-refractivity contribution in [2.75, 3.05) is 4.90 Å². The fourth-order valence-electron chi connectivity index (χ4n) is 8.62. The van der Waals surface area contributed by atoms with Crippen molar-refractivity contribution in [3.63, 3.8) is 0 Å². The molecule has 8 aromatic carbocycles. The summed E-state index contributed by atoms with van der Waals surface area (Å²) in [5, 5.41) is 7.27. The third-order valence-corrected chi connectivity index (χ3v) is 10.9. The second kappa shape index (κ2) is 12.6. The van der Waals surface area contributed by atoms with Crippen LogP contribution >= 0.6 is 0 Å². The monoisotopic (exact) mass is 702 g/mol. The SMILES string of the molecule is c1ccc(-n2c3ccccc3c3cccc(-c4cc(N(c5cccnc5)c5cccc6ccccc56)cc(-n5c6ccccc6c6ccccc65)c4)c32)cc1. The number of hydrogen-bond donors (Lipinski definition) is 0. The molecule has 0 saturated carbocycles. The standard InChI is InChI=1S/C51H34N4/c1-2-17-37(18-3-1)55-50-28-11-8-23-45(50)46-25-13-24-42(51(46)55)36-31-39(33-40(32-36)54-48-26-9-6-21-43(48)44-22-7-10-27-49(44)54)53(38-19-14-30-52-34-38)47-29-12-16-35-15-4-5-20-41(35)47/h1-34H. The molecule has 0 fully saturated rings. The molecule has 0 atom stereocenters. The summed E-state index contributed by atoms with van der Waals surface area (Å²) in [6.07, 6.45) is 3.80. The van der Waals surface area contributed by atoms with Crippen LogP contribution in [0.4, 0.5) is 17.1 Å². The van der Waals surface area contributed by atoms with Crippen LogP contribution in [0.15, 0.2) is 207 Å². The fourth-order valence-corrected chi connectivity index (χ4v) is 8.62. The van der Waals surface area contributed by atoms with Crippen LogP contribution in [0.3, 0.4) is 0 Å². The molecule has 3 heterocycles. The largest absolute Gasteiger partial charge is 0.309 e. The smallest absolute Gasteiger partial charge is 0.0645 e. The lowest BCUT2D eigenvalue weighted by Gasteiger charge is -2.28. The maximum Gasteiger partial charge on any atom is 0.0645 e. The zero-order valence-corrected chi connectivity index (χ0v) is 29.9. The van der Waals surface area contributed by atoms with Gasteiger partial charge in [-0.1, -0.05) is 127 Å². The van der Waals surface area contributed by atoms with E-state index in [1.807, 2.05) is 18.5 Å². The number of para-hydroxylation sites is 5. The summed E-state index contributed by atoms with van der Waals surface area (Å²) >= 11 is 0. The molecule has 0 aliphatic rings. The lowest BCUT2D eigenvalue weighted by atomic mass is 9.99. The first-order valence-corrected chi connectivity index (χ1v) is 18.7. The third-order valence-electron chi connectivity index (χ3n) is 10.9. The Balaban J connectivity index is 1.28. The minimum absolute atomic E-state index is 0.987. The average molecular weight is 703 g/mol. The molecule has 258 valence electrons. The number of nitrogens with zero attached hydrogens (tertiary/aromatic N) is 4. The van der Waals surface area contributed by atoms with Crippen LogP contribution in [-0.2, 0) is 0 Å². The highest BCUT2D eigenvalue weighted by Crippen LogP contribution is 2.44. The highest BCUT2D eigenvalue weighted by atomic mass is 15.2. The second-order valence-corrected chi connectivity index (χ2v) is 14.0. The van der Waals surface area contributed by atoms with E-state index in [1.54, 1.807) is 0 Å². The zero-order chi connectivity index (χ0) is 36.3. The van der Waals surface area contributed by atoms with Gasteiger partial charge in [-0.2, -0.15) is 0 Å². The van der Waals surface area contributed by atoms with Crippen LogP contribution in [0.25, 0.3) is 76.9 Å². The van der Waals surface area contributed by atoms with Gasteiger partial charge in [-0.25, -0.2) is 0 Å². The van der Waals surface area contributed by atoms with E-state index in [0.29, 0.717) is 0 Å². The summed E-state index contributed by atoms with van der Waals surface area (Å²) in [6.45, 7) is 0. The van der Waals surface area contributed by atoms with Crippen LogP contribution in [0.1, 0.15) is 0 Å². The summed E-state index contributed by atoms with van der Waals surface area (Å²) in [6, 6.07) is 70.1. The van der Waals surface area contributed by atoms with Crippen molar-refractivity contribution in [3.05, 3.63) is 207 Å². The van der Waals surface area contributed by atoms with Gasteiger partial charge in [-0.15, -0.1) is 0 Å². The van der Waals surface area contributed by atoms with Gasteiger partial charge in [-0.3, -0.25) is 4.98 Å². The summed E-state index contributed by atoms with van der Waals surface area (Å²) < 4.78 is 4.85. The second-order valence-electron chi connectivity index (χ2n) is 14.0. The van der Waals surface area contributed by atoms with E-state index >= 15 is 0 Å². The minimum atomic E-state index is 0.987. The lowest BCUT2D eigenvalue weighted by molar-refractivity contribution is 1.16. The van der Waals surface area contributed by atoms with Gasteiger partial charge in [0.05, 0.1) is 39.6 Å². The summed E-state index contributed by atoms with van der Waals surface area (Å²) in [7, 11) is 0. The van der Waals surface area contributed by atoms with Gasteiger partial charge >= 0.3 is 0 Å². The molecule has 11 rings (SSSR count). The van der Waals surface area contributed by atoms with Gasteiger partial charge in [0.2, 0.25) is 0 Å². The van der Waals surface area contributed by atoms with Gasteiger partial charge in [-0.05, 0) is 77.7 Å². The predicted molar refractivity (Wildman–Crippen MR) is 231 cm³/mol. The van der Waals surface area contributed by atoms with Crippen molar-refractivity contribution in [1.29, 1.82) is 0 Å². The Hall–Kier alpha value is -7.43. The van der Waals surface area contributed by atoms with Crippen molar-refractivity contribution in [3.8, 4) is 22.5 Å². The highest BCUT2D eigenvalue weighted by Gasteiger charge is 2.22. The molecule has 0 saturated heterocycles. The molecule has 4 heteroatoms. The van der Waals surface area contributed by atoms with Gasteiger partial charge in [0.15, 0.2) is 0 Å². The Morgan fingerprint density at radius 1 is 0.400 bits per heavy atom. The molecule has 0 aliphatic carbocycles. The fraction of sp³-hybridized carbons (Fsp3) is 0. The number of anilines is 3. The number of aromatic nitrogens is 3. The highest BCUT2D eigenvalue weighted by molar-refractivity contribution is 6.14. The molecule has 55 heavy (non-hydrogen) atoms. The van der Waals surface area contributed by atoms with Crippen molar-refractivity contribution in [2.24, 2.45) is 0 Å². The minimum Gasteiger partial charge on any atom is -0.309 e. The van der Waals surface area contributed by atoms with E-state index in [1.165, 1.54) is 54.4 Å². The first-order chi connectivity index (χ1) is 27.3. The third kappa shape index (κ3) is 4.96. The number of fused-ring (bicyclic) bond motifs is 7. The molecule has 0 spiro atoms. The number of pyridine rings is 1. The summed E-state index contributed by atoms with van der Waals surface area (Å²) in [4.78, 5) is 7.00. The van der Waals surface area contributed by atoms with Crippen molar-refractivity contribution in [2.45, 2.75) is 0 Å². The first-order valence-electron chi connectivity index (χ1n) is 18.7. The van der Waals surface area contributed by atoms with Crippen LogP contribution in [-0.4, -0.2) is 14.1 Å². The zero-order valence-electron chi connectivity index (χ0n) is 29.9. The molecule has 11 aromatic rings. The quantitative estimate of drug-likeness (QED) is 0.172. The van der Waals surface area contributed by atoms with E-state index in [2.05, 4.69) is 207 Å². The molecular formula is C51H34N4. The average Bonchev–Trinajstić information content (AvgIpc) is 3.78. The lowest BCUT2D eigenvalue weighted by Crippen LogP contribution is -2.12. The normalized spacial score (nSPS) is 11.6. The van der Waals surface area contributed by atoms with E-state index in [4.69, 9.17) is 0 Å². The maximum absolute atomic E-state index is 4.63. The van der Waals surface area contributed by atoms with E-state index in [-0.39, 0.29) is 0 Å². The molecule has 0 radical (unpaired) electrons. The van der Waals surface area contributed by atoms with Gasteiger partial charge in [0, 0.05) is 55.8 Å². The van der Waals surface area contributed by atoms with Gasteiger partial charge < -0.3 is 14.0 Å². The number of rotatable bonds is 6. The number of hydrogen-bond acceptors (Lipinski definition) is 2. The molecule has 3 aromatic heterocycles. The Labute approximate surface area is 318 Å². The Kier molecular flexibility index (Phi) is 7.14. The molecule has 0 aliphatic heterocycles. The van der Waals surface area contributed by atoms with Crippen molar-refractivity contribution >= 4 is 71.4 Å². The van der Waals surface area contributed by atoms with Crippen molar-refractivity contribution in [1.82, 2.24) is 14.1 Å². The number of benzene rings is 8. The topological polar surface area (TPSA) is 26.0 Å². The summed E-state index contributed by atoms with van der Waals surface area (Å²) in [5.74, 6) is 0. The molecule has 0 unspecified atom stereocenters. The van der Waals surface area contributed by atoms with E-state index < -0.39 is 0 Å². The summed E-state index contributed by atoms with van der Waals surface area (Å²) in [5.41, 5.74) is 12.3. The van der Waals surface area contributed by atoms with E-state index in [0.717, 1.165) is 39.6 Å². The Morgan fingerprint density at radius 2 is 1.00 bits per heavy atom. The molecule has 0 amide bonds.